The van der Waals surface area contributed by atoms with Gasteiger partial charge in [0.1, 0.15) is 0 Å². The number of rotatable bonds is 13. The second-order valence-corrected chi connectivity index (χ2v) is 6.10. The monoisotopic (exact) mass is 338 g/mol. The van der Waals surface area contributed by atoms with E-state index in [1.165, 1.54) is 5.57 Å². The van der Waals surface area contributed by atoms with Crippen molar-refractivity contribution in [3.05, 3.63) is 46.6 Å². The first-order chi connectivity index (χ1) is 11.6. The Bertz CT molecular complexity index is 445. The van der Waals surface area contributed by atoms with Gasteiger partial charge in [0.05, 0.1) is 26.4 Å². The molecule has 24 heavy (non-hydrogen) atoms. The third-order valence-corrected chi connectivity index (χ3v) is 3.92. The van der Waals surface area contributed by atoms with E-state index in [1.807, 2.05) is 13.0 Å². The largest absolute Gasteiger partial charge is 0.392 e. The van der Waals surface area contributed by atoms with Gasteiger partial charge in [0.2, 0.25) is 0 Å². The molecule has 0 unspecified atom stereocenters. The van der Waals surface area contributed by atoms with Gasteiger partial charge in [-0.3, -0.25) is 0 Å². The summed E-state index contributed by atoms with van der Waals surface area (Å²) in [6.07, 6.45) is 13.1. The minimum absolute atomic E-state index is 0.000245. The molecule has 0 fully saturated rings. The topological polar surface area (TPSA) is 80.9 Å². The van der Waals surface area contributed by atoms with Crippen LogP contribution in [0.25, 0.3) is 0 Å². The molecule has 0 rings (SSSR count). The van der Waals surface area contributed by atoms with Crippen LogP contribution in [0.3, 0.4) is 0 Å². The fraction of sp³-hybridized carbons (Fsp3) is 0.600. The zero-order chi connectivity index (χ0) is 18.2. The Labute approximate surface area is 146 Å². The smallest absolute Gasteiger partial charge is 0.0642 e. The zero-order valence-corrected chi connectivity index (χ0v) is 15.2. The van der Waals surface area contributed by atoms with Crippen LogP contribution in [0, 0.1) is 0 Å². The van der Waals surface area contributed by atoms with Crippen molar-refractivity contribution in [2.24, 2.45) is 0 Å². The van der Waals surface area contributed by atoms with Crippen molar-refractivity contribution in [1.82, 2.24) is 0 Å². The van der Waals surface area contributed by atoms with Crippen molar-refractivity contribution in [2.75, 3.05) is 26.4 Å². The standard InChI is InChI=1S/C20H34O4/c1-17(7-4-11-20(16-24)12-13-21)6-3-9-19(15-23)10-5-8-18(2)14-22/h7-9,12,21-24H,3-6,10-11,13-16H2,1-2H3. The van der Waals surface area contributed by atoms with Crippen LogP contribution in [-0.2, 0) is 0 Å². The number of aliphatic hydroxyl groups excluding tert-OH is 4. The fourth-order valence-electron chi connectivity index (χ4n) is 2.30. The molecule has 0 aromatic rings. The van der Waals surface area contributed by atoms with E-state index in [0.29, 0.717) is 0 Å². The molecular weight excluding hydrogens is 304 g/mol. The number of aliphatic hydroxyl groups is 4. The fourth-order valence-corrected chi connectivity index (χ4v) is 2.30. The predicted molar refractivity (Wildman–Crippen MR) is 99.7 cm³/mol. The Hall–Kier alpha value is -1.20. The summed E-state index contributed by atoms with van der Waals surface area (Å²) < 4.78 is 0. The van der Waals surface area contributed by atoms with Gasteiger partial charge < -0.3 is 20.4 Å². The first-order valence-corrected chi connectivity index (χ1v) is 8.67. The molecule has 0 aliphatic heterocycles. The van der Waals surface area contributed by atoms with Gasteiger partial charge in [-0.15, -0.1) is 0 Å². The van der Waals surface area contributed by atoms with E-state index >= 15 is 0 Å². The molecule has 0 spiro atoms. The Morgan fingerprint density at radius 1 is 0.583 bits per heavy atom. The van der Waals surface area contributed by atoms with E-state index in [4.69, 9.17) is 15.3 Å². The molecule has 0 saturated carbocycles. The molecular formula is C20H34O4. The first kappa shape index (κ1) is 22.8. The molecule has 0 saturated heterocycles. The van der Waals surface area contributed by atoms with Gasteiger partial charge in [-0.2, -0.15) is 0 Å². The maximum absolute atomic E-state index is 9.39. The van der Waals surface area contributed by atoms with Gasteiger partial charge in [0, 0.05) is 0 Å². The molecule has 4 N–H and O–H groups in total. The lowest BCUT2D eigenvalue weighted by Crippen LogP contribution is -1.93. The molecule has 4 heteroatoms. The first-order valence-electron chi connectivity index (χ1n) is 8.67. The molecule has 0 aliphatic rings. The quantitative estimate of drug-likeness (QED) is 0.389. The van der Waals surface area contributed by atoms with Crippen LogP contribution in [0.15, 0.2) is 46.6 Å². The lowest BCUT2D eigenvalue weighted by Gasteiger charge is -2.05. The third kappa shape index (κ3) is 12.3. The van der Waals surface area contributed by atoms with Crippen molar-refractivity contribution in [2.45, 2.75) is 52.4 Å². The van der Waals surface area contributed by atoms with Gasteiger partial charge in [-0.1, -0.05) is 35.5 Å². The van der Waals surface area contributed by atoms with Crippen LogP contribution in [0.5, 0.6) is 0 Å². The van der Waals surface area contributed by atoms with Crippen molar-refractivity contribution in [3.8, 4) is 0 Å². The summed E-state index contributed by atoms with van der Waals surface area (Å²) in [6.45, 7) is 4.14. The molecule has 0 heterocycles. The highest BCUT2D eigenvalue weighted by molar-refractivity contribution is 5.09. The summed E-state index contributed by atoms with van der Waals surface area (Å²) >= 11 is 0. The van der Waals surface area contributed by atoms with E-state index in [-0.39, 0.29) is 26.4 Å². The Morgan fingerprint density at radius 3 is 1.58 bits per heavy atom. The summed E-state index contributed by atoms with van der Waals surface area (Å²) in [7, 11) is 0. The lowest BCUT2D eigenvalue weighted by atomic mass is 10.0. The molecule has 0 radical (unpaired) electrons. The number of allylic oxidation sites excluding steroid dienone is 4. The minimum atomic E-state index is -0.0274. The Balaban J connectivity index is 4.19. The van der Waals surface area contributed by atoms with E-state index in [1.54, 1.807) is 6.08 Å². The van der Waals surface area contributed by atoms with Crippen molar-refractivity contribution < 1.29 is 20.4 Å². The van der Waals surface area contributed by atoms with Crippen LogP contribution >= 0.6 is 0 Å². The van der Waals surface area contributed by atoms with Gasteiger partial charge >= 0.3 is 0 Å². The summed E-state index contributed by atoms with van der Waals surface area (Å²) in [5.74, 6) is 0. The molecule has 0 atom stereocenters. The van der Waals surface area contributed by atoms with Crippen molar-refractivity contribution >= 4 is 0 Å². The average molecular weight is 338 g/mol. The highest BCUT2D eigenvalue weighted by atomic mass is 16.3. The maximum Gasteiger partial charge on any atom is 0.0642 e. The molecule has 138 valence electrons. The van der Waals surface area contributed by atoms with Crippen molar-refractivity contribution in [3.63, 3.8) is 0 Å². The molecule has 0 bridgehead atoms. The Morgan fingerprint density at radius 2 is 1.08 bits per heavy atom. The third-order valence-electron chi connectivity index (χ3n) is 3.92. The second kappa shape index (κ2) is 15.3. The second-order valence-electron chi connectivity index (χ2n) is 6.10. The predicted octanol–water partition coefficient (Wildman–Crippen LogP) is 3.04. The van der Waals surface area contributed by atoms with E-state index in [0.717, 1.165) is 55.2 Å². The highest BCUT2D eigenvalue weighted by Gasteiger charge is 1.97. The number of hydrogen-bond donors (Lipinski definition) is 4. The van der Waals surface area contributed by atoms with Gasteiger partial charge in [-0.05, 0) is 63.5 Å². The van der Waals surface area contributed by atoms with Crippen molar-refractivity contribution in [1.29, 1.82) is 0 Å². The molecule has 0 aromatic heterocycles. The van der Waals surface area contributed by atoms with E-state index in [2.05, 4.69) is 19.1 Å². The average Bonchev–Trinajstić information content (AvgIpc) is 2.59. The minimum Gasteiger partial charge on any atom is -0.392 e. The van der Waals surface area contributed by atoms with Crippen LogP contribution in [0.2, 0.25) is 0 Å². The zero-order valence-electron chi connectivity index (χ0n) is 15.2. The van der Waals surface area contributed by atoms with Crippen LogP contribution in [0.1, 0.15) is 52.4 Å². The highest BCUT2D eigenvalue weighted by Crippen LogP contribution is 2.13. The van der Waals surface area contributed by atoms with Crippen LogP contribution < -0.4 is 0 Å². The SMILES string of the molecule is CC(=CCCC(=CCCC(C)=CCCC(=CCO)CO)CO)CO. The van der Waals surface area contributed by atoms with Crippen LogP contribution in [-0.4, -0.2) is 46.9 Å². The normalized spacial score (nSPS) is 14.4. The Kier molecular flexibility index (Phi) is 14.6. The van der Waals surface area contributed by atoms with Crippen LogP contribution in [0.4, 0.5) is 0 Å². The summed E-state index contributed by atoms with van der Waals surface area (Å²) in [5, 5.41) is 36.3. The number of hydrogen-bond acceptors (Lipinski definition) is 4. The van der Waals surface area contributed by atoms with Gasteiger partial charge in [0.15, 0.2) is 0 Å². The lowest BCUT2D eigenvalue weighted by molar-refractivity contribution is 0.315. The summed E-state index contributed by atoms with van der Waals surface area (Å²) in [5.41, 5.74) is 4.16. The summed E-state index contributed by atoms with van der Waals surface area (Å²) in [4.78, 5) is 0. The molecule has 0 aliphatic carbocycles. The van der Waals surface area contributed by atoms with Gasteiger partial charge in [-0.25, -0.2) is 0 Å². The summed E-state index contributed by atoms with van der Waals surface area (Å²) in [6, 6.07) is 0. The molecule has 0 aromatic carbocycles. The van der Waals surface area contributed by atoms with E-state index in [9.17, 15) is 5.11 Å². The van der Waals surface area contributed by atoms with Gasteiger partial charge in [0.25, 0.3) is 0 Å². The maximum atomic E-state index is 9.39. The van der Waals surface area contributed by atoms with E-state index < -0.39 is 0 Å². The molecule has 0 amide bonds. The molecule has 4 nitrogen and oxygen atoms in total.